The summed E-state index contributed by atoms with van der Waals surface area (Å²) in [6.07, 6.45) is 1.02. The molecule has 1 amide bonds. The number of benzene rings is 2. The normalized spacial score (nSPS) is 15.7. The number of rotatable bonds is 6. The van der Waals surface area contributed by atoms with E-state index in [1.165, 1.54) is 4.31 Å². The summed E-state index contributed by atoms with van der Waals surface area (Å²) in [6.45, 7) is 4.86. The van der Waals surface area contributed by atoms with Crippen molar-refractivity contribution in [2.45, 2.75) is 37.5 Å². The van der Waals surface area contributed by atoms with Gasteiger partial charge in [-0.3, -0.25) is 4.79 Å². The summed E-state index contributed by atoms with van der Waals surface area (Å²) in [5.74, 6) is 0.0967. The predicted octanol–water partition coefficient (Wildman–Crippen LogP) is 5.58. The number of nitrogens with one attached hydrogen (secondary N) is 1. The molecule has 0 atom stereocenters. The summed E-state index contributed by atoms with van der Waals surface area (Å²) in [7, 11) is -3.55. The Balaban J connectivity index is 1.40. The number of para-hydroxylation sites is 1. The second-order valence-corrected chi connectivity index (χ2v) is 11.3. The average molecular weight is 469 g/mol. The summed E-state index contributed by atoms with van der Waals surface area (Å²) >= 11 is 1.63. The summed E-state index contributed by atoms with van der Waals surface area (Å²) in [5.41, 5.74) is 2.91. The van der Waals surface area contributed by atoms with Crippen LogP contribution >= 0.6 is 11.3 Å². The zero-order valence-electron chi connectivity index (χ0n) is 18.3. The fourth-order valence-electron chi connectivity index (χ4n) is 4.01. The molecule has 2 aromatic carbocycles. The Morgan fingerprint density at radius 3 is 2.31 bits per heavy atom. The van der Waals surface area contributed by atoms with Crippen molar-refractivity contribution in [3.63, 3.8) is 0 Å². The smallest absolute Gasteiger partial charge is 0.243 e. The van der Waals surface area contributed by atoms with Crippen LogP contribution in [-0.4, -0.2) is 31.7 Å². The summed E-state index contributed by atoms with van der Waals surface area (Å²) in [5, 5.41) is 5.08. The third-order valence-corrected chi connectivity index (χ3v) is 8.80. The first-order valence-electron chi connectivity index (χ1n) is 10.9. The van der Waals surface area contributed by atoms with Gasteiger partial charge in [-0.25, -0.2) is 8.42 Å². The number of amides is 1. The fourth-order valence-corrected chi connectivity index (χ4v) is 6.24. The Kier molecular flexibility index (Phi) is 6.79. The van der Waals surface area contributed by atoms with Gasteiger partial charge in [-0.1, -0.05) is 50.2 Å². The minimum atomic E-state index is -3.55. The highest BCUT2D eigenvalue weighted by Gasteiger charge is 2.32. The van der Waals surface area contributed by atoms with E-state index in [2.05, 4.69) is 19.2 Å². The molecule has 0 saturated carbocycles. The number of carbonyl (C=O) groups excluding carboxylic acids is 1. The molecule has 1 saturated heterocycles. The van der Waals surface area contributed by atoms with Gasteiger partial charge in [0.15, 0.2) is 0 Å². The monoisotopic (exact) mass is 468 g/mol. The minimum absolute atomic E-state index is 0.0488. The molecule has 0 unspecified atom stereocenters. The van der Waals surface area contributed by atoms with Crippen LogP contribution in [0.25, 0.3) is 10.4 Å². The molecule has 1 aliphatic rings. The van der Waals surface area contributed by atoms with E-state index in [-0.39, 0.29) is 11.8 Å². The van der Waals surface area contributed by atoms with Crippen LogP contribution in [0, 0.1) is 5.92 Å². The Morgan fingerprint density at radius 1 is 1.00 bits per heavy atom. The van der Waals surface area contributed by atoms with Crippen molar-refractivity contribution in [2.24, 2.45) is 5.92 Å². The van der Waals surface area contributed by atoms with Gasteiger partial charge in [0.1, 0.15) is 0 Å². The molecule has 5 nitrogen and oxygen atoms in total. The van der Waals surface area contributed by atoms with Gasteiger partial charge in [0, 0.05) is 35.1 Å². The molecule has 0 aliphatic carbocycles. The molecule has 7 heteroatoms. The highest BCUT2D eigenvalue weighted by molar-refractivity contribution is 7.89. The van der Waals surface area contributed by atoms with Crippen molar-refractivity contribution in [2.75, 3.05) is 18.4 Å². The molecule has 32 heavy (non-hydrogen) atoms. The molecule has 3 aromatic rings. The molecule has 0 radical (unpaired) electrons. The second-order valence-electron chi connectivity index (χ2n) is 8.41. The van der Waals surface area contributed by atoms with Crippen LogP contribution < -0.4 is 5.32 Å². The number of nitrogens with zero attached hydrogens (tertiary/aromatic N) is 1. The van der Waals surface area contributed by atoms with Crippen LogP contribution in [-0.2, 0) is 14.8 Å². The van der Waals surface area contributed by atoms with Crippen molar-refractivity contribution in [1.82, 2.24) is 4.31 Å². The van der Waals surface area contributed by atoms with Crippen molar-refractivity contribution < 1.29 is 13.2 Å². The van der Waals surface area contributed by atoms with E-state index in [0.29, 0.717) is 36.7 Å². The van der Waals surface area contributed by atoms with E-state index in [1.807, 2.05) is 53.9 Å². The third-order valence-electron chi connectivity index (χ3n) is 5.98. The maximum absolute atomic E-state index is 13.0. The first-order valence-corrected chi connectivity index (χ1v) is 13.2. The molecule has 1 N–H and O–H groups in total. The van der Waals surface area contributed by atoms with E-state index in [4.69, 9.17) is 0 Å². The summed E-state index contributed by atoms with van der Waals surface area (Å²) in [6, 6.07) is 18.9. The van der Waals surface area contributed by atoms with Gasteiger partial charge in [0.2, 0.25) is 15.9 Å². The Bertz CT molecular complexity index is 1160. The molecule has 0 spiro atoms. The first kappa shape index (κ1) is 22.7. The predicted molar refractivity (Wildman–Crippen MR) is 130 cm³/mol. The maximum Gasteiger partial charge on any atom is 0.243 e. The van der Waals surface area contributed by atoms with E-state index >= 15 is 0 Å². The minimum Gasteiger partial charge on any atom is -0.325 e. The largest absolute Gasteiger partial charge is 0.325 e. The van der Waals surface area contributed by atoms with E-state index in [1.54, 1.807) is 23.5 Å². The van der Waals surface area contributed by atoms with Crippen molar-refractivity contribution in [1.29, 1.82) is 0 Å². The van der Waals surface area contributed by atoms with E-state index < -0.39 is 10.0 Å². The van der Waals surface area contributed by atoms with Gasteiger partial charge in [0.25, 0.3) is 0 Å². The molecule has 1 aromatic heterocycles. The standard InChI is InChI=1S/C25H28N2O3S2/c1-18(2)19-9-11-21(12-10-19)32(29,30)27-15-13-20(14-16-27)25(28)26-23-7-4-3-6-22(23)24-8-5-17-31-24/h3-12,17-18,20H,13-16H2,1-2H3,(H,26,28). The van der Waals surface area contributed by atoms with Crippen LogP contribution in [0.5, 0.6) is 0 Å². The fraction of sp³-hybridized carbons (Fsp3) is 0.320. The Morgan fingerprint density at radius 2 is 1.69 bits per heavy atom. The second kappa shape index (κ2) is 9.57. The number of thiophene rings is 1. The van der Waals surface area contributed by atoms with E-state index in [0.717, 1.165) is 21.7 Å². The van der Waals surface area contributed by atoms with Gasteiger partial charge in [-0.15, -0.1) is 11.3 Å². The van der Waals surface area contributed by atoms with Gasteiger partial charge >= 0.3 is 0 Å². The topological polar surface area (TPSA) is 66.5 Å². The summed E-state index contributed by atoms with van der Waals surface area (Å²) in [4.78, 5) is 14.4. The van der Waals surface area contributed by atoms with Crippen molar-refractivity contribution >= 4 is 33.0 Å². The number of hydrogen-bond donors (Lipinski definition) is 1. The molecule has 2 heterocycles. The molecule has 4 rings (SSSR count). The SMILES string of the molecule is CC(C)c1ccc(S(=O)(=O)N2CCC(C(=O)Nc3ccccc3-c3cccs3)CC2)cc1. The van der Waals surface area contributed by atoms with Gasteiger partial charge < -0.3 is 5.32 Å². The highest BCUT2D eigenvalue weighted by Crippen LogP contribution is 2.32. The van der Waals surface area contributed by atoms with Gasteiger partial charge in [-0.05, 0) is 54.0 Å². The van der Waals surface area contributed by atoms with Crippen molar-refractivity contribution in [3.8, 4) is 10.4 Å². The molecule has 1 aliphatic heterocycles. The quantitative estimate of drug-likeness (QED) is 0.514. The zero-order valence-corrected chi connectivity index (χ0v) is 20.0. The molecule has 1 fully saturated rings. The lowest BCUT2D eigenvalue weighted by atomic mass is 9.97. The molecule has 168 valence electrons. The maximum atomic E-state index is 13.0. The molecular weight excluding hydrogens is 440 g/mol. The average Bonchev–Trinajstić information content (AvgIpc) is 3.34. The number of anilines is 1. The highest BCUT2D eigenvalue weighted by atomic mass is 32.2. The lowest BCUT2D eigenvalue weighted by Crippen LogP contribution is -2.41. The molecular formula is C25H28N2O3S2. The van der Waals surface area contributed by atoms with Gasteiger partial charge in [-0.2, -0.15) is 4.31 Å². The number of hydrogen-bond acceptors (Lipinski definition) is 4. The number of sulfonamides is 1. The zero-order chi connectivity index (χ0) is 22.7. The van der Waals surface area contributed by atoms with Gasteiger partial charge in [0.05, 0.1) is 4.90 Å². The van der Waals surface area contributed by atoms with Crippen LogP contribution in [0.15, 0.2) is 70.9 Å². The van der Waals surface area contributed by atoms with Crippen LogP contribution in [0.1, 0.15) is 38.2 Å². The van der Waals surface area contributed by atoms with Crippen LogP contribution in [0.4, 0.5) is 5.69 Å². The van der Waals surface area contributed by atoms with Crippen LogP contribution in [0.3, 0.4) is 0 Å². The lowest BCUT2D eigenvalue weighted by Gasteiger charge is -2.30. The third kappa shape index (κ3) is 4.80. The lowest BCUT2D eigenvalue weighted by molar-refractivity contribution is -0.120. The Labute approximate surface area is 194 Å². The van der Waals surface area contributed by atoms with Crippen molar-refractivity contribution in [3.05, 3.63) is 71.6 Å². The summed E-state index contributed by atoms with van der Waals surface area (Å²) < 4.78 is 27.6. The number of piperidine rings is 1. The van der Waals surface area contributed by atoms with Crippen LogP contribution in [0.2, 0.25) is 0 Å². The first-order chi connectivity index (χ1) is 15.4. The Hall–Kier alpha value is -2.48. The van der Waals surface area contributed by atoms with E-state index in [9.17, 15) is 13.2 Å². The molecule has 0 bridgehead atoms. The number of carbonyl (C=O) groups is 1.